The number of amides is 1. The topological polar surface area (TPSA) is 46.1 Å². The number of nitrogens with zero attached hydrogens (tertiary/aromatic N) is 3. The van der Waals surface area contributed by atoms with E-state index in [0.717, 1.165) is 41.9 Å². The number of carbonyl (C=O) groups excluding carboxylic acids is 1. The molecule has 3 unspecified atom stereocenters. The van der Waals surface area contributed by atoms with E-state index in [1.54, 1.807) is 24.3 Å². The molecule has 1 saturated carbocycles. The van der Waals surface area contributed by atoms with Gasteiger partial charge in [-0.25, -0.2) is 14.4 Å². The summed E-state index contributed by atoms with van der Waals surface area (Å²) in [4.78, 5) is 26.7. The molecule has 2 aliphatic carbocycles. The van der Waals surface area contributed by atoms with Gasteiger partial charge in [-0.15, -0.1) is 0 Å². The van der Waals surface area contributed by atoms with Crippen LogP contribution in [0.25, 0.3) is 11.0 Å². The first kappa shape index (κ1) is 22.2. The number of hydrogen-bond acceptors (Lipinski definition) is 3. The lowest BCUT2D eigenvalue weighted by Gasteiger charge is -2.45. The van der Waals surface area contributed by atoms with Gasteiger partial charge in [-0.3, -0.25) is 4.79 Å². The standard InChI is InChI=1S/C27H26Cl2FN3O/c1-14-5-6-15-11-16(30)7-8-21(15)33(14)24(34)27-10-9-26(4,25(27,2)3)22-23(27)32-20-13-18(29)17(28)12-19(20)31-22/h7-8,11-14H,5-6,9-10H2,1-4H3. The fourth-order valence-corrected chi connectivity index (χ4v) is 7.12. The van der Waals surface area contributed by atoms with Crippen LogP contribution in [0.5, 0.6) is 0 Å². The van der Waals surface area contributed by atoms with Gasteiger partial charge in [0.1, 0.15) is 5.82 Å². The Balaban J connectivity index is 1.60. The number of anilines is 1. The van der Waals surface area contributed by atoms with E-state index in [-0.39, 0.29) is 23.2 Å². The molecule has 176 valence electrons. The van der Waals surface area contributed by atoms with Crippen molar-refractivity contribution in [2.45, 2.75) is 70.3 Å². The van der Waals surface area contributed by atoms with Gasteiger partial charge >= 0.3 is 0 Å². The van der Waals surface area contributed by atoms with E-state index in [4.69, 9.17) is 33.2 Å². The summed E-state index contributed by atoms with van der Waals surface area (Å²) in [5, 5.41) is 0.853. The Morgan fingerprint density at radius 3 is 2.35 bits per heavy atom. The van der Waals surface area contributed by atoms with Crippen molar-refractivity contribution in [1.82, 2.24) is 9.97 Å². The number of carbonyl (C=O) groups is 1. The molecule has 1 aliphatic heterocycles. The molecule has 7 heteroatoms. The molecule has 0 spiro atoms. The zero-order chi connectivity index (χ0) is 24.2. The molecule has 0 N–H and O–H groups in total. The Bertz CT molecular complexity index is 1410. The van der Waals surface area contributed by atoms with Crippen LogP contribution in [0.3, 0.4) is 0 Å². The minimum atomic E-state index is -0.832. The number of aromatic nitrogens is 2. The summed E-state index contributed by atoms with van der Waals surface area (Å²) in [5.74, 6) is -0.236. The van der Waals surface area contributed by atoms with Crippen LogP contribution in [0.15, 0.2) is 30.3 Å². The van der Waals surface area contributed by atoms with Gasteiger partial charge in [-0.05, 0) is 73.9 Å². The van der Waals surface area contributed by atoms with E-state index >= 15 is 0 Å². The molecular weight excluding hydrogens is 472 g/mol. The minimum Gasteiger partial charge on any atom is -0.309 e. The summed E-state index contributed by atoms with van der Waals surface area (Å²) < 4.78 is 14.0. The van der Waals surface area contributed by atoms with Crippen molar-refractivity contribution in [2.24, 2.45) is 5.41 Å². The Hall–Kier alpha value is -2.24. The molecule has 1 amide bonds. The van der Waals surface area contributed by atoms with Gasteiger partial charge in [-0.2, -0.15) is 0 Å². The van der Waals surface area contributed by atoms with Crippen LogP contribution in [-0.2, 0) is 22.0 Å². The van der Waals surface area contributed by atoms with Crippen LogP contribution in [0.4, 0.5) is 10.1 Å². The number of hydrogen-bond donors (Lipinski definition) is 0. The summed E-state index contributed by atoms with van der Waals surface area (Å²) in [7, 11) is 0. The van der Waals surface area contributed by atoms with Gasteiger partial charge in [0.05, 0.1) is 37.9 Å². The molecule has 6 rings (SSSR count). The Labute approximate surface area is 208 Å². The zero-order valence-electron chi connectivity index (χ0n) is 19.7. The highest BCUT2D eigenvalue weighted by atomic mass is 35.5. The number of aryl methyl sites for hydroxylation is 1. The summed E-state index contributed by atoms with van der Waals surface area (Å²) in [6, 6.07) is 8.24. The lowest BCUT2D eigenvalue weighted by atomic mass is 9.63. The normalized spacial score (nSPS) is 28.8. The third-order valence-corrected chi connectivity index (χ3v) is 9.96. The van der Waals surface area contributed by atoms with Crippen molar-refractivity contribution >= 4 is 45.8 Å². The molecule has 0 saturated heterocycles. The van der Waals surface area contributed by atoms with Crippen molar-refractivity contribution in [2.75, 3.05) is 4.90 Å². The van der Waals surface area contributed by atoms with Crippen molar-refractivity contribution in [3.8, 4) is 0 Å². The summed E-state index contributed by atoms with van der Waals surface area (Å²) in [6.45, 7) is 8.62. The van der Waals surface area contributed by atoms with Crippen LogP contribution in [-0.4, -0.2) is 21.9 Å². The van der Waals surface area contributed by atoms with E-state index in [2.05, 4.69) is 27.7 Å². The first-order chi connectivity index (χ1) is 16.0. The highest BCUT2D eigenvalue weighted by Gasteiger charge is 2.74. The van der Waals surface area contributed by atoms with Crippen LogP contribution < -0.4 is 4.90 Å². The lowest BCUT2D eigenvalue weighted by molar-refractivity contribution is -0.128. The molecule has 1 aromatic heterocycles. The number of fused-ring (bicyclic) bond motifs is 7. The number of benzene rings is 2. The van der Waals surface area contributed by atoms with Gasteiger partial charge in [0.2, 0.25) is 5.91 Å². The molecule has 1 fully saturated rings. The molecule has 3 aliphatic rings. The van der Waals surface area contributed by atoms with Gasteiger partial charge in [0.15, 0.2) is 0 Å². The first-order valence-electron chi connectivity index (χ1n) is 11.8. The average molecular weight is 498 g/mol. The minimum absolute atomic E-state index is 0.00760. The maximum atomic E-state index is 14.7. The van der Waals surface area contributed by atoms with Crippen molar-refractivity contribution in [3.05, 3.63) is 63.1 Å². The van der Waals surface area contributed by atoms with Crippen molar-refractivity contribution < 1.29 is 9.18 Å². The summed E-state index contributed by atoms with van der Waals surface area (Å²) in [6.07, 6.45) is 3.09. The van der Waals surface area contributed by atoms with Gasteiger partial charge in [-0.1, -0.05) is 44.0 Å². The SMILES string of the molecule is CC1CCc2cc(F)ccc2N1C(=O)C12CCC(C)(c3nc4cc(Cl)c(Cl)cc4nc31)C2(C)C. The fraction of sp³-hybridized carbons (Fsp3) is 0.444. The number of rotatable bonds is 1. The van der Waals surface area contributed by atoms with E-state index in [0.29, 0.717) is 27.5 Å². The van der Waals surface area contributed by atoms with Crippen LogP contribution in [0, 0.1) is 11.2 Å². The Morgan fingerprint density at radius 2 is 1.68 bits per heavy atom. The monoisotopic (exact) mass is 497 g/mol. The third-order valence-electron chi connectivity index (χ3n) is 9.24. The van der Waals surface area contributed by atoms with Crippen molar-refractivity contribution in [3.63, 3.8) is 0 Å². The molecule has 3 atom stereocenters. The van der Waals surface area contributed by atoms with Gasteiger partial charge in [0, 0.05) is 17.1 Å². The second-order valence-electron chi connectivity index (χ2n) is 10.9. The zero-order valence-corrected chi connectivity index (χ0v) is 21.2. The highest BCUT2D eigenvalue weighted by Crippen LogP contribution is 2.70. The lowest BCUT2D eigenvalue weighted by Crippen LogP contribution is -2.56. The van der Waals surface area contributed by atoms with Crippen LogP contribution >= 0.6 is 23.2 Å². The largest absolute Gasteiger partial charge is 0.309 e. The second-order valence-corrected chi connectivity index (χ2v) is 11.7. The molecule has 4 nitrogen and oxygen atoms in total. The Kier molecular flexibility index (Phi) is 4.52. The molecular formula is C27H26Cl2FN3O. The quantitative estimate of drug-likeness (QED) is 0.372. The smallest absolute Gasteiger partial charge is 0.240 e. The maximum absolute atomic E-state index is 14.7. The predicted octanol–water partition coefficient (Wildman–Crippen LogP) is 6.77. The molecule has 0 radical (unpaired) electrons. The number of halogens is 3. The van der Waals surface area contributed by atoms with Crippen LogP contribution in [0.1, 0.15) is 63.9 Å². The first-order valence-corrected chi connectivity index (χ1v) is 12.6. The van der Waals surface area contributed by atoms with Gasteiger partial charge in [0.25, 0.3) is 0 Å². The summed E-state index contributed by atoms with van der Waals surface area (Å²) >= 11 is 12.6. The summed E-state index contributed by atoms with van der Waals surface area (Å²) in [5.41, 5.74) is 3.09. The van der Waals surface area contributed by atoms with Gasteiger partial charge < -0.3 is 4.90 Å². The van der Waals surface area contributed by atoms with Crippen LogP contribution in [0.2, 0.25) is 10.0 Å². The maximum Gasteiger partial charge on any atom is 0.240 e. The van der Waals surface area contributed by atoms with Crippen molar-refractivity contribution in [1.29, 1.82) is 0 Å². The highest BCUT2D eigenvalue weighted by molar-refractivity contribution is 6.42. The van der Waals surface area contributed by atoms with E-state index < -0.39 is 10.8 Å². The second kappa shape index (κ2) is 6.92. The van der Waals surface area contributed by atoms with E-state index in [1.807, 2.05) is 4.90 Å². The fourth-order valence-electron chi connectivity index (χ4n) is 6.81. The Morgan fingerprint density at radius 1 is 1.03 bits per heavy atom. The molecule has 2 aromatic carbocycles. The molecule has 3 aromatic rings. The molecule has 2 bridgehead atoms. The predicted molar refractivity (Wildman–Crippen MR) is 133 cm³/mol. The van der Waals surface area contributed by atoms with E-state index in [9.17, 15) is 9.18 Å². The van der Waals surface area contributed by atoms with E-state index in [1.165, 1.54) is 6.07 Å². The average Bonchev–Trinajstić information content (AvgIpc) is 3.08. The third kappa shape index (κ3) is 2.52. The molecule has 34 heavy (non-hydrogen) atoms. The molecule has 2 heterocycles.